The minimum atomic E-state index is -6.24. The van der Waals surface area contributed by atoms with Crippen LogP contribution in [-0.4, -0.2) is 178 Å². The highest BCUT2D eigenvalue weighted by molar-refractivity contribution is 7.82. The molecule has 0 spiro atoms. The van der Waals surface area contributed by atoms with E-state index in [0.29, 0.717) is 0 Å². The lowest BCUT2D eigenvalue weighted by Crippen LogP contribution is -2.65. The second-order valence-electron chi connectivity index (χ2n) is 9.64. The molecule has 0 aromatic rings. The van der Waals surface area contributed by atoms with Crippen LogP contribution in [-0.2, 0) is 131 Å². The Bertz CT molecular complexity index is 2280. The monoisotopic (exact) mass is 982 g/mol. The summed E-state index contributed by atoms with van der Waals surface area (Å²) in [5.41, 5.74) is 0. The zero-order valence-corrected chi connectivity index (χ0v) is 31.6. The predicted molar refractivity (Wildman–Crippen MR) is 152 cm³/mol. The molecule has 0 bridgehead atoms. The summed E-state index contributed by atoms with van der Waals surface area (Å²) >= 11 is 0. The molecule has 2 rings (SSSR count). The molecule has 8 N–H and O–H groups in total. The van der Waals surface area contributed by atoms with Crippen molar-refractivity contribution in [2.75, 3.05) is 19.8 Å². The lowest BCUT2D eigenvalue weighted by molar-refractivity contribution is -0.374. The topological polar surface area (TPSA) is 536 Å². The summed E-state index contributed by atoms with van der Waals surface area (Å²) in [5, 5.41) is 0. The first-order valence-corrected chi connectivity index (χ1v) is 23.2. The van der Waals surface area contributed by atoms with Crippen LogP contribution in [0.4, 0.5) is 0 Å². The molecule has 35 nitrogen and oxygen atoms in total. The van der Waals surface area contributed by atoms with E-state index in [0.717, 1.165) is 0 Å². The third-order valence-corrected chi connectivity index (χ3v) is 9.28. The van der Waals surface area contributed by atoms with Gasteiger partial charge in [0.25, 0.3) is 0 Å². The zero-order chi connectivity index (χ0) is 43.0. The molecule has 0 aliphatic carbocycles. The Labute approximate surface area is 308 Å². The fourth-order valence-electron chi connectivity index (χ4n) is 4.24. The van der Waals surface area contributed by atoms with Gasteiger partial charge in [-0.25, -0.2) is 33.5 Å². The van der Waals surface area contributed by atoms with E-state index in [2.05, 4.69) is 33.5 Å². The Hall–Kier alpha value is -1.16. The third-order valence-electron chi connectivity index (χ3n) is 5.68. The fourth-order valence-corrected chi connectivity index (χ4v) is 7.68. The van der Waals surface area contributed by atoms with Gasteiger partial charge in [0.1, 0.15) is 37.1 Å². The maximum absolute atomic E-state index is 11.9. The van der Waals surface area contributed by atoms with Gasteiger partial charge in [0.15, 0.2) is 18.5 Å². The molecule has 0 saturated carbocycles. The van der Waals surface area contributed by atoms with Crippen LogP contribution in [0.1, 0.15) is 0 Å². The van der Waals surface area contributed by atoms with Crippen LogP contribution in [0.5, 0.6) is 0 Å². The Balaban J connectivity index is 3.07. The normalized spacial score (nSPS) is 30.7. The van der Waals surface area contributed by atoms with E-state index < -0.39 is 158 Å². The van der Waals surface area contributed by atoms with Crippen LogP contribution >= 0.6 is 0 Å². The molecule has 0 amide bonds. The van der Waals surface area contributed by atoms with Crippen LogP contribution in [0.3, 0.4) is 0 Å². The minimum Gasteiger partial charge on any atom is -0.341 e. The Morgan fingerprint density at radius 3 is 1.18 bits per heavy atom. The van der Waals surface area contributed by atoms with Crippen molar-refractivity contribution >= 4 is 83.2 Å². The summed E-state index contributed by atoms with van der Waals surface area (Å²) in [6, 6.07) is 0. The maximum atomic E-state index is 11.9. The second kappa shape index (κ2) is 17.2. The number of rotatable bonds is 21. The van der Waals surface area contributed by atoms with Gasteiger partial charge in [0, 0.05) is 0 Å². The lowest BCUT2D eigenvalue weighted by atomic mass is 9.99. The second-order valence-corrected chi connectivity index (χ2v) is 18.2. The number of hydrogen-bond donors (Lipinski definition) is 8. The van der Waals surface area contributed by atoms with E-state index in [4.69, 9.17) is 23.3 Å². The van der Waals surface area contributed by atoms with Crippen molar-refractivity contribution < 1.29 is 151 Å². The van der Waals surface area contributed by atoms with Crippen molar-refractivity contribution in [3.05, 3.63) is 0 Å². The number of hydrogen-bond acceptors (Lipinski definition) is 27. The van der Waals surface area contributed by atoms with Gasteiger partial charge in [0.05, 0.1) is 13.2 Å². The summed E-state index contributed by atoms with van der Waals surface area (Å²) < 4.78 is 307. The molecule has 9 atom stereocenters. The Kier molecular flexibility index (Phi) is 15.6. The van der Waals surface area contributed by atoms with Crippen molar-refractivity contribution in [3.63, 3.8) is 0 Å². The quantitative estimate of drug-likeness (QED) is 0.0496. The molecule has 43 heteroatoms. The first-order chi connectivity index (χ1) is 24.2. The van der Waals surface area contributed by atoms with Crippen LogP contribution in [0.15, 0.2) is 0 Å². The van der Waals surface area contributed by atoms with E-state index in [1.807, 2.05) is 0 Å². The molecule has 0 radical (unpaired) electrons. The van der Waals surface area contributed by atoms with E-state index in [-0.39, 0.29) is 0 Å². The van der Waals surface area contributed by atoms with E-state index in [1.165, 1.54) is 0 Å². The first-order valence-electron chi connectivity index (χ1n) is 12.3. The van der Waals surface area contributed by atoms with E-state index in [9.17, 15) is 94.7 Å². The highest BCUT2D eigenvalue weighted by Gasteiger charge is 2.65. The van der Waals surface area contributed by atoms with E-state index in [1.54, 1.807) is 0 Å². The Morgan fingerprint density at radius 1 is 0.418 bits per heavy atom. The number of ether oxygens (including phenoxy) is 3. The third kappa shape index (κ3) is 18.1. The SMILES string of the molecule is O=S(=O)(O)OC[C@H]1O[C@H](O[C@]2(COS(=O)(=O)O)O[C@H](COS(=O)(=O)O)[C@@H](OS(=O)(=O)O)[C@H]2OS(=O)(=O)O)[C@H](OS(=O)(=O)O)[C@@H](OS(=O)(=O)O)[C@H]1OS(=O)(=O)O. The standard InChI is InChI=1S/C12H22O35S8/c13-48(14,15)37-1-4-6(43-51(22,23)24)8(45-53(28,29)30)9(46-54(31,32)33)11(40-4)42-12(3-39-50(19,20)21)10(47-55(34,35)36)7(44-52(25,26)27)5(41-12)2-38-49(16,17)18/h4-11H,1-3H2,(H,13,14,15)(H,16,17,18)(H,19,20,21)(H,22,23,24)(H,25,26,27)(H,28,29,30)(H,31,32,33)(H,34,35,36)/t4-,5-,6+,7-,8+,9-,10-,11-,12+/m1/s1. The van der Waals surface area contributed by atoms with Crippen molar-refractivity contribution in [3.8, 4) is 0 Å². The first kappa shape index (κ1) is 50.0. The van der Waals surface area contributed by atoms with Crippen LogP contribution in [0.25, 0.3) is 0 Å². The average Bonchev–Trinajstić information content (AvgIpc) is 3.15. The van der Waals surface area contributed by atoms with Crippen molar-refractivity contribution in [1.29, 1.82) is 0 Å². The maximum Gasteiger partial charge on any atom is 0.397 e. The Morgan fingerprint density at radius 2 is 0.782 bits per heavy atom. The van der Waals surface area contributed by atoms with Gasteiger partial charge >= 0.3 is 83.2 Å². The lowest BCUT2D eigenvalue weighted by Gasteiger charge is -2.45. The molecule has 2 aliphatic rings. The summed E-state index contributed by atoms with van der Waals surface area (Å²) in [5.74, 6) is -4.12. The van der Waals surface area contributed by atoms with Gasteiger partial charge in [-0.2, -0.15) is 67.3 Å². The van der Waals surface area contributed by atoms with Crippen LogP contribution < -0.4 is 0 Å². The highest BCUT2D eigenvalue weighted by atomic mass is 32.3. The summed E-state index contributed by atoms with van der Waals surface area (Å²) in [4.78, 5) is 0. The predicted octanol–water partition coefficient (Wildman–Crippen LogP) is -6.78. The van der Waals surface area contributed by atoms with Gasteiger partial charge in [-0.15, -0.1) is 0 Å². The molecule has 0 aromatic carbocycles. The van der Waals surface area contributed by atoms with Crippen molar-refractivity contribution in [1.82, 2.24) is 0 Å². The van der Waals surface area contributed by atoms with E-state index >= 15 is 0 Å². The van der Waals surface area contributed by atoms with Gasteiger partial charge in [-0.3, -0.25) is 36.4 Å². The minimum absolute atomic E-state index is 1.92. The highest BCUT2D eigenvalue weighted by Crippen LogP contribution is 2.42. The van der Waals surface area contributed by atoms with Crippen LogP contribution in [0.2, 0.25) is 0 Å². The van der Waals surface area contributed by atoms with Gasteiger partial charge < -0.3 is 14.2 Å². The van der Waals surface area contributed by atoms with Gasteiger partial charge in [0.2, 0.25) is 5.79 Å². The molecule has 2 saturated heterocycles. The molecular weight excluding hydrogens is 961 g/mol. The van der Waals surface area contributed by atoms with Gasteiger partial charge in [-0.05, 0) is 0 Å². The van der Waals surface area contributed by atoms with Gasteiger partial charge in [-0.1, -0.05) is 0 Å². The van der Waals surface area contributed by atoms with Crippen molar-refractivity contribution in [2.45, 2.75) is 54.8 Å². The average molecular weight is 983 g/mol. The molecule has 55 heavy (non-hydrogen) atoms. The molecule has 0 unspecified atom stereocenters. The molecular formula is C12H22O35S8. The largest absolute Gasteiger partial charge is 0.397 e. The molecule has 2 fully saturated rings. The smallest absolute Gasteiger partial charge is 0.341 e. The summed E-state index contributed by atoms with van der Waals surface area (Å²) in [6.07, 6.45) is -26.0. The molecule has 2 aliphatic heterocycles. The van der Waals surface area contributed by atoms with Crippen LogP contribution in [0, 0.1) is 0 Å². The van der Waals surface area contributed by atoms with Crippen molar-refractivity contribution in [2.24, 2.45) is 0 Å². The fraction of sp³-hybridized carbons (Fsp3) is 1.00. The summed E-state index contributed by atoms with van der Waals surface area (Å²) in [7, 11) is -48.3. The summed E-state index contributed by atoms with van der Waals surface area (Å²) in [6.45, 7) is -6.25. The zero-order valence-electron chi connectivity index (χ0n) is 25.1. The molecule has 0 aromatic heterocycles. The molecule has 328 valence electrons. The molecule has 2 heterocycles.